The van der Waals surface area contributed by atoms with Crippen molar-refractivity contribution in [2.75, 3.05) is 45.6 Å². The lowest BCUT2D eigenvalue weighted by molar-refractivity contribution is -0.139. The number of hydrogen-bond acceptors (Lipinski definition) is 6. The second-order valence-corrected chi connectivity index (χ2v) is 8.99. The summed E-state index contributed by atoms with van der Waals surface area (Å²) in [6, 6.07) is 6.85. The van der Waals surface area contributed by atoms with E-state index in [2.05, 4.69) is 4.90 Å². The van der Waals surface area contributed by atoms with Crippen LogP contribution in [0.5, 0.6) is 5.75 Å². The van der Waals surface area contributed by atoms with E-state index in [9.17, 15) is 13.2 Å². The highest BCUT2D eigenvalue weighted by atomic mass is 35.5. The highest BCUT2D eigenvalue weighted by Gasteiger charge is 2.24. The molecule has 1 aliphatic rings. The molecule has 1 heterocycles. The van der Waals surface area contributed by atoms with Crippen LogP contribution in [0.3, 0.4) is 0 Å². The fraction of sp³-hybridized carbons (Fsp3) is 0.632. The number of piperidine rings is 1. The number of hydrogen-bond donors (Lipinski definition) is 1. The minimum Gasteiger partial charge on any atom is -0.494 e. The van der Waals surface area contributed by atoms with E-state index in [1.807, 2.05) is 11.8 Å². The average molecular weight is 435 g/mol. The maximum atomic E-state index is 11.4. The van der Waals surface area contributed by atoms with Crippen LogP contribution >= 0.6 is 12.4 Å². The van der Waals surface area contributed by atoms with Crippen molar-refractivity contribution in [1.82, 2.24) is 9.80 Å². The van der Waals surface area contributed by atoms with Gasteiger partial charge in [-0.05, 0) is 63.2 Å². The van der Waals surface area contributed by atoms with Crippen molar-refractivity contribution in [3.05, 3.63) is 24.3 Å². The molecule has 1 N–H and O–H groups in total. The van der Waals surface area contributed by atoms with Crippen LogP contribution in [0.2, 0.25) is 0 Å². The number of nitrogens with zero attached hydrogens (tertiary/aromatic N) is 2. The summed E-state index contributed by atoms with van der Waals surface area (Å²) < 4.78 is 28.6. The number of rotatable bonds is 10. The molecule has 2 rings (SSSR count). The number of aliphatic carboxylic acids is 1. The van der Waals surface area contributed by atoms with E-state index in [1.165, 1.54) is 6.26 Å². The Kier molecular flexibility index (Phi) is 10.2. The van der Waals surface area contributed by atoms with Gasteiger partial charge in [-0.2, -0.15) is 0 Å². The van der Waals surface area contributed by atoms with Crippen molar-refractivity contribution in [2.24, 2.45) is 0 Å². The summed E-state index contributed by atoms with van der Waals surface area (Å²) in [5.74, 6) is -0.0886. The highest BCUT2D eigenvalue weighted by molar-refractivity contribution is 7.90. The van der Waals surface area contributed by atoms with E-state index in [0.717, 1.165) is 45.4 Å². The molecule has 0 atom stereocenters. The van der Waals surface area contributed by atoms with Crippen LogP contribution in [0.15, 0.2) is 29.2 Å². The van der Waals surface area contributed by atoms with Gasteiger partial charge in [0.1, 0.15) is 5.75 Å². The van der Waals surface area contributed by atoms with Crippen molar-refractivity contribution in [2.45, 2.75) is 37.1 Å². The van der Waals surface area contributed by atoms with Gasteiger partial charge in [0.05, 0.1) is 18.0 Å². The predicted octanol–water partition coefficient (Wildman–Crippen LogP) is 2.15. The lowest BCUT2D eigenvalue weighted by atomic mass is 10.0. The van der Waals surface area contributed by atoms with Gasteiger partial charge in [0.15, 0.2) is 9.84 Å². The Balaban J connectivity index is 0.00000392. The Morgan fingerprint density at radius 1 is 1.25 bits per heavy atom. The van der Waals surface area contributed by atoms with Crippen molar-refractivity contribution < 1.29 is 23.1 Å². The molecule has 0 radical (unpaired) electrons. The molecule has 0 aliphatic carbocycles. The molecule has 7 nitrogen and oxygen atoms in total. The molecule has 0 aromatic heterocycles. The number of halogens is 1. The molecule has 0 unspecified atom stereocenters. The predicted molar refractivity (Wildman–Crippen MR) is 111 cm³/mol. The lowest BCUT2D eigenvalue weighted by Crippen LogP contribution is -2.46. The van der Waals surface area contributed by atoms with Gasteiger partial charge in [-0.3, -0.25) is 9.69 Å². The third-order valence-electron chi connectivity index (χ3n) is 4.96. The number of carboxylic acids is 1. The van der Waals surface area contributed by atoms with Gasteiger partial charge in [0.2, 0.25) is 0 Å². The molecule has 9 heteroatoms. The average Bonchev–Trinajstić information content (AvgIpc) is 2.63. The van der Waals surface area contributed by atoms with Crippen LogP contribution in [0.4, 0.5) is 0 Å². The number of likely N-dealkylation sites (N-methyl/N-ethyl adjacent to an activating group) is 1. The zero-order valence-corrected chi connectivity index (χ0v) is 18.2. The van der Waals surface area contributed by atoms with Gasteiger partial charge in [0.25, 0.3) is 0 Å². The van der Waals surface area contributed by atoms with Crippen LogP contribution in [0.25, 0.3) is 0 Å². The van der Waals surface area contributed by atoms with Gasteiger partial charge in [-0.1, -0.05) is 6.92 Å². The number of benzene rings is 1. The monoisotopic (exact) mass is 434 g/mol. The van der Waals surface area contributed by atoms with E-state index < -0.39 is 15.8 Å². The minimum absolute atomic E-state index is 0. The van der Waals surface area contributed by atoms with Gasteiger partial charge in [0, 0.05) is 18.8 Å². The Morgan fingerprint density at radius 3 is 2.36 bits per heavy atom. The van der Waals surface area contributed by atoms with E-state index in [-0.39, 0.29) is 19.0 Å². The Bertz CT molecular complexity index is 704. The number of sulfone groups is 1. The molecule has 0 saturated carbocycles. The van der Waals surface area contributed by atoms with Crippen LogP contribution < -0.4 is 4.74 Å². The normalized spacial score (nSPS) is 16.0. The molecule has 1 aromatic rings. The van der Waals surface area contributed by atoms with Crippen LogP contribution in [0.1, 0.15) is 26.2 Å². The van der Waals surface area contributed by atoms with Crippen LogP contribution in [-0.2, 0) is 14.6 Å². The lowest BCUT2D eigenvalue weighted by Gasteiger charge is -2.37. The molecule has 0 bridgehead atoms. The second kappa shape index (κ2) is 11.6. The van der Waals surface area contributed by atoms with Crippen molar-refractivity contribution >= 4 is 28.2 Å². The molecule has 1 aliphatic heterocycles. The topological polar surface area (TPSA) is 87.2 Å². The first-order chi connectivity index (χ1) is 12.8. The molecule has 160 valence electrons. The van der Waals surface area contributed by atoms with Crippen LogP contribution in [0, 0.1) is 0 Å². The summed E-state index contributed by atoms with van der Waals surface area (Å²) in [6.07, 6.45) is 4.07. The summed E-state index contributed by atoms with van der Waals surface area (Å²) in [5, 5.41) is 8.99. The number of carboxylic acid groups (broad SMARTS) is 1. The van der Waals surface area contributed by atoms with Gasteiger partial charge < -0.3 is 14.7 Å². The quantitative estimate of drug-likeness (QED) is 0.564. The maximum absolute atomic E-state index is 11.4. The molecule has 28 heavy (non-hydrogen) atoms. The first-order valence-corrected chi connectivity index (χ1v) is 11.3. The molecule has 1 fully saturated rings. The zero-order chi connectivity index (χ0) is 19.9. The highest BCUT2D eigenvalue weighted by Crippen LogP contribution is 2.18. The Labute approximate surface area is 174 Å². The summed E-state index contributed by atoms with van der Waals surface area (Å²) in [4.78, 5) is 15.7. The first kappa shape index (κ1) is 24.7. The van der Waals surface area contributed by atoms with E-state index in [0.29, 0.717) is 23.3 Å². The Morgan fingerprint density at radius 2 is 1.86 bits per heavy atom. The third kappa shape index (κ3) is 7.95. The molecular formula is C19H31ClN2O5S. The van der Waals surface area contributed by atoms with Crippen molar-refractivity contribution in [3.8, 4) is 5.75 Å². The van der Waals surface area contributed by atoms with Gasteiger partial charge in [-0.15, -0.1) is 12.4 Å². The van der Waals surface area contributed by atoms with E-state index in [1.54, 1.807) is 24.3 Å². The first-order valence-electron chi connectivity index (χ1n) is 9.40. The summed E-state index contributed by atoms with van der Waals surface area (Å²) in [5.41, 5.74) is 0. The van der Waals surface area contributed by atoms with Crippen LogP contribution in [-0.4, -0.2) is 80.9 Å². The smallest absolute Gasteiger partial charge is 0.317 e. The number of ether oxygens (including phenoxy) is 1. The molecular weight excluding hydrogens is 404 g/mol. The third-order valence-corrected chi connectivity index (χ3v) is 6.09. The molecule has 0 spiro atoms. The summed E-state index contributed by atoms with van der Waals surface area (Å²) >= 11 is 0. The summed E-state index contributed by atoms with van der Waals surface area (Å²) in [7, 11) is -3.18. The largest absolute Gasteiger partial charge is 0.494 e. The van der Waals surface area contributed by atoms with Gasteiger partial charge >= 0.3 is 5.97 Å². The SMILES string of the molecule is CCN(CC(=O)O)C1CCN(CCCOc2ccc(S(C)(=O)=O)cc2)CC1.Cl. The number of likely N-dealkylation sites (tertiary alicyclic amines) is 1. The zero-order valence-electron chi connectivity index (χ0n) is 16.5. The number of carbonyl (C=O) groups is 1. The van der Waals surface area contributed by atoms with E-state index in [4.69, 9.17) is 9.84 Å². The van der Waals surface area contributed by atoms with Crippen molar-refractivity contribution in [1.29, 1.82) is 0 Å². The summed E-state index contributed by atoms with van der Waals surface area (Å²) in [6.45, 7) is 6.37. The molecule has 1 aromatic carbocycles. The Hall–Kier alpha value is -1.35. The van der Waals surface area contributed by atoms with Crippen molar-refractivity contribution in [3.63, 3.8) is 0 Å². The fourth-order valence-electron chi connectivity index (χ4n) is 3.44. The van der Waals surface area contributed by atoms with E-state index >= 15 is 0 Å². The standard InChI is InChI=1S/C19H30N2O5S.ClH/c1-3-21(15-19(22)23)16-9-12-20(13-10-16)11-4-14-26-17-5-7-18(8-6-17)27(2,24)25;/h5-8,16H,3-4,9-15H2,1-2H3,(H,22,23);1H. The fourth-order valence-corrected chi connectivity index (χ4v) is 4.07. The molecule has 0 amide bonds. The molecule has 1 saturated heterocycles. The minimum atomic E-state index is -3.18. The maximum Gasteiger partial charge on any atom is 0.317 e. The van der Waals surface area contributed by atoms with Gasteiger partial charge in [-0.25, -0.2) is 8.42 Å². The second-order valence-electron chi connectivity index (χ2n) is 6.98.